The smallest absolute Gasteiger partial charge is 0.240 e. The molecule has 0 radical (unpaired) electrons. The lowest BCUT2D eigenvalue weighted by Crippen LogP contribution is -2.45. The molecule has 1 aromatic rings. The van der Waals surface area contributed by atoms with Gasteiger partial charge < -0.3 is 15.7 Å². The van der Waals surface area contributed by atoms with Crippen LogP contribution in [-0.4, -0.2) is 28.0 Å². The van der Waals surface area contributed by atoms with Crippen LogP contribution in [0.15, 0.2) is 24.3 Å². The van der Waals surface area contributed by atoms with Gasteiger partial charge in [0.15, 0.2) is 0 Å². The van der Waals surface area contributed by atoms with Crippen molar-refractivity contribution in [3.8, 4) is 5.75 Å². The summed E-state index contributed by atoms with van der Waals surface area (Å²) in [6.45, 7) is 4.68. The van der Waals surface area contributed by atoms with Crippen molar-refractivity contribution in [3.05, 3.63) is 29.8 Å². The second-order valence-corrected chi connectivity index (χ2v) is 6.10. The minimum Gasteiger partial charge on any atom is -0.508 e. The fourth-order valence-corrected chi connectivity index (χ4v) is 2.45. The van der Waals surface area contributed by atoms with Crippen LogP contribution in [0.2, 0.25) is 0 Å². The Balaban J connectivity index is 2.05. The standard InChI is InChI=1S/C16H24N2O2/c1-11(2)8-15(17)16(20)18(13-6-7-13)10-12-4-3-5-14(19)9-12/h3-5,9,11,13,15,19H,6-8,10,17H2,1-2H3. The van der Waals surface area contributed by atoms with E-state index < -0.39 is 6.04 Å². The molecule has 1 aromatic carbocycles. The zero-order valence-electron chi connectivity index (χ0n) is 12.2. The predicted molar refractivity (Wildman–Crippen MR) is 79.1 cm³/mol. The Morgan fingerprint density at radius 1 is 1.45 bits per heavy atom. The Morgan fingerprint density at radius 3 is 2.70 bits per heavy atom. The SMILES string of the molecule is CC(C)CC(N)C(=O)N(Cc1cccc(O)c1)C1CC1. The number of nitrogens with two attached hydrogens (primary N) is 1. The number of amides is 1. The van der Waals surface area contributed by atoms with E-state index in [9.17, 15) is 9.90 Å². The number of hydrogen-bond acceptors (Lipinski definition) is 3. The molecular weight excluding hydrogens is 252 g/mol. The number of nitrogens with zero attached hydrogens (tertiary/aromatic N) is 1. The largest absolute Gasteiger partial charge is 0.508 e. The van der Waals surface area contributed by atoms with E-state index in [0.717, 1.165) is 18.4 Å². The number of phenolic OH excluding ortho intramolecular Hbond substituents is 1. The van der Waals surface area contributed by atoms with Gasteiger partial charge in [0.2, 0.25) is 5.91 Å². The van der Waals surface area contributed by atoms with Gasteiger partial charge in [0.25, 0.3) is 0 Å². The molecule has 4 nitrogen and oxygen atoms in total. The summed E-state index contributed by atoms with van der Waals surface area (Å²) in [6, 6.07) is 6.97. The molecule has 0 heterocycles. The first kappa shape index (κ1) is 14.9. The maximum atomic E-state index is 12.5. The number of benzene rings is 1. The summed E-state index contributed by atoms with van der Waals surface area (Å²) in [5, 5.41) is 9.52. The average Bonchev–Trinajstić information content (AvgIpc) is 3.18. The average molecular weight is 276 g/mol. The summed E-state index contributed by atoms with van der Waals surface area (Å²) in [5.74, 6) is 0.678. The molecule has 110 valence electrons. The molecule has 0 spiro atoms. The van der Waals surface area contributed by atoms with Crippen LogP contribution >= 0.6 is 0 Å². The number of carbonyl (C=O) groups is 1. The molecule has 1 fully saturated rings. The first-order valence-corrected chi connectivity index (χ1v) is 7.31. The van der Waals surface area contributed by atoms with Crippen LogP contribution in [0.1, 0.15) is 38.7 Å². The van der Waals surface area contributed by atoms with Crippen molar-refractivity contribution in [1.29, 1.82) is 0 Å². The topological polar surface area (TPSA) is 66.6 Å². The van der Waals surface area contributed by atoms with Gasteiger partial charge in [-0.15, -0.1) is 0 Å². The van der Waals surface area contributed by atoms with Crippen LogP contribution in [0.3, 0.4) is 0 Å². The van der Waals surface area contributed by atoms with E-state index in [4.69, 9.17) is 5.73 Å². The first-order chi connectivity index (χ1) is 9.47. The van der Waals surface area contributed by atoms with Gasteiger partial charge in [-0.1, -0.05) is 26.0 Å². The molecule has 1 aliphatic rings. The zero-order valence-corrected chi connectivity index (χ0v) is 12.2. The van der Waals surface area contributed by atoms with E-state index in [1.165, 1.54) is 0 Å². The van der Waals surface area contributed by atoms with Gasteiger partial charge in [-0.05, 0) is 42.9 Å². The van der Waals surface area contributed by atoms with Crippen molar-refractivity contribution in [1.82, 2.24) is 4.90 Å². The van der Waals surface area contributed by atoms with E-state index in [0.29, 0.717) is 24.9 Å². The van der Waals surface area contributed by atoms with Gasteiger partial charge in [-0.25, -0.2) is 0 Å². The summed E-state index contributed by atoms with van der Waals surface area (Å²) in [4.78, 5) is 14.4. The van der Waals surface area contributed by atoms with Crippen LogP contribution in [0, 0.1) is 5.92 Å². The number of rotatable bonds is 6. The Morgan fingerprint density at radius 2 is 2.15 bits per heavy atom. The summed E-state index contributed by atoms with van der Waals surface area (Å²) < 4.78 is 0. The number of carbonyl (C=O) groups excluding carboxylic acids is 1. The van der Waals surface area contributed by atoms with Crippen molar-refractivity contribution in [2.24, 2.45) is 11.7 Å². The molecule has 3 N–H and O–H groups in total. The Labute approximate surface area is 120 Å². The van der Waals surface area contributed by atoms with E-state index in [2.05, 4.69) is 13.8 Å². The third kappa shape index (κ3) is 3.97. The zero-order chi connectivity index (χ0) is 14.7. The maximum absolute atomic E-state index is 12.5. The van der Waals surface area contributed by atoms with Gasteiger partial charge in [0.1, 0.15) is 5.75 Å². The molecule has 0 saturated heterocycles. The van der Waals surface area contributed by atoms with E-state index in [1.54, 1.807) is 18.2 Å². The lowest BCUT2D eigenvalue weighted by molar-refractivity contribution is -0.134. The fraction of sp³-hybridized carbons (Fsp3) is 0.562. The molecule has 1 saturated carbocycles. The second kappa shape index (κ2) is 6.27. The highest BCUT2D eigenvalue weighted by atomic mass is 16.3. The molecule has 4 heteroatoms. The van der Waals surface area contributed by atoms with Crippen LogP contribution in [0.25, 0.3) is 0 Å². The van der Waals surface area contributed by atoms with Crippen molar-refractivity contribution in [3.63, 3.8) is 0 Å². The van der Waals surface area contributed by atoms with Crippen LogP contribution in [0.5, 0.6) is 5.75 Å². The Kier molecular flexibility index (Phi) is 4.65. The minimum absolute atomic E-state index is 0.0320. The van der Waals surface area contributed by atoms with Crippen molar-refractivity contribution >= 4 is 5.91 Å². The normalized spacial score (nSPS) is 16.2. The monoisotopic (exact) mass is 276 g/mol. The van der Waals surface area contributed by atoms with Crippen molar-refractivity contribution in [2.45, 2.75) is 51.7 Å². The van der Waals surface area contributed by atoms with Crippen molar-refractivity contribution < 1.29 is 9.90 Å². The summed E-state index contributed by atoms with van der Waals surface area (Å²) in [7, 11) is 0. The van der Waals surface area contributed by atoms with Crippen molar-refractivity contribution in [2.75, 3.05) is 0 Å². The maximum Gasteiger partial charge on any atom is 0.240 e. The summed E-state index contributed by atoms with van der Waals surface area (Å²) >= 11 is 0. The molecule has 0 aliphatic heterocycles. The predicted octanol–water partition coefficient (Wildman–Crippen LogP) is 2.26. The molecule has 20 heavy (non-hydrogen) atoms. The number of phenols is 1. The van der Waals surface area contributed by atoms with Gasteiger partial charge >= 0.3 is 0 Å². The lowest BCUT2D eigenvalue weighted by atomic mass is 10.0. The molecule has 2 rings (SSSR count). The fourth-order valence-electron chi connectivity index (χ4n) is 2.45. The molecule has 0 bridgehead atoms. The molecule has 1 unspecified atom stereocenters. The van der Waals surface area contributed by atoms with E-state index >= 15 is 0 Å². The molecule has 0 aromatic heterocycles. The Hall–Kier alpha value is -1.55. The first-order valence-electron chi connectivity index (χ1n) is 7.31. The van der Waals surface area contributed by atoms with Crippen LogP contribution in [-0.2, 0) is 11.3 Å². The highest BCUT2D eigenvalue weighted by Crippen LogP contribution is 2.29. The lowest BCUT2D eigenvalue weighted by Gasteiger charge is -2.26. The number of aromatic hydroxyl groups is 1. The van der Waals surface area contributed by atoms with Gasteiger partial charge in [-0.3, -0.25) is 4.79 Å². The highest BCUT2D eigenvalue weighted by molar-refractivity contribution is 5.82. The number of hydrogen-bond donors (Lipinski definition) is 2. The van der Waals surface area contributed by atoms with E-state index in [-0.39, 0.29) is 11.7 Å². The van der Waals surface area contributed by atoms with Gasteiger partial charge in [0, 0.05) is 12.6 Å². The third-order valence-electron chi connectivity index (χ3n) is 3.58. The molecular formula is C16H24N2O2. The molecule has 1 aliphatic carbocycles. The van der Waals surface area contributed by atoms with Crippen LogP contribution in [0.4, 0.5) is 0 Å². The molecule has 1 atom stereocenters. The Bertz CT molecular complexity index is 469. The van der Waals surface area contributed by atoms with Gasteiger partial charge in [0.05, 0.1) is 6.04 Å². The second-order valence-electron chi connectivity index (χ2n) is 6.10. The summed E-state index contributed by atoms with van der Waals surface area (Å²) in [5.41, 5.74) is 6.97. The summed E-state index contributed by atoms with van der Waals surface area (Å²) in [6.07, 6.45) is 2.82. The third-order valence-corrected chi connectivity index (χ3v) is 3.58. The molecule has 1 amide bonds. The quantitative estimate of drug-likeness (QED) is 0.837. The van der Waals surface area contributed by atoms with Gasteiger partial charge in [-0.2, -0.15) is 0 Å². The van der Waals surface area contributed by atoms with E-state index in [1.807, 2.05) is 11.0 Å². The minimum atomic E-state index is -0.423. The van der Waals surface area contributed by atoms with Crippen LogP contribution < -0.4 is 5.73 Å². The highest BCUT2D eigenvalue weighted by Gasteiger charge is 2.34.